The van der Waals surface area contributed by atoms with E-state index in [4.69, 9.17) is 4.74 Å². The predicted octanol–water partition coefficient (Wildman–Crippen LogP) is 1.95. The van der Waals surface area contributed by atoms with Crippen LogP contribution in [0.25, 0.3) is 10.9 Å². The van der Waals surface area contributed by atoms with E-state index in [9.17, 15) is 4.79 Å². The Morgan fingerprint density at radius 1 is 1.25 bits per heavy atom. The number of benzene rings is 1. The Kier molecular flexibility index (Phi) is 4.21. The van der Waals surface area contributed by atoms with Crippen LogP contribution in [0.2, 0.25) is 0 Å². The van der Waals surface area contributed by atoms with Gasteiger partial charge in [-0.05, 0) is 18.6 Å². The van der Waals surface area contributed by atoms with Gasteiger partial charge in [0.25, 0.3) is 5.91 Å². The second-order valence-corrected chi connectivity index (χ2v) is 6.80. The highest BCUT2D eigenvalue weighted by Crippen LogP contribution is 2.24. The molecule has 1 amide bonds. The molecule has 5 heteroatoms. The van der Waals surface area contributed by atoms with Gasteiger partial charge >= 0.3 is 0 Å². The minimum atomic E-state index is 0.115. The summed E-state index contributed by atoms with van der Waals surface area (Å²) in [6, 6.07) is 7.99. The van der Waals surface area contributed by atoms with Crippen molar-refractivity contribution >= 4 is 16.8 Å². The molecule has 126 valence electrons. The molecular formula is C19H23N3O2. The fourth-order valence-corrected chi connectivity index (χ4v) is 3.67. The van der Waals surface area contributed by atoms with Crippen LogP contribution in [0.15, 0.2) is 30.5 Å². The Hall–Kier alpha value is -1.98. The summed E-state index contributed by atoms with van der Waals surface area (Å²) < 4.78 is 5.39. The quantitative estimate of drug-likeness (QED) is 0.865. The Bertz CT molecular complexity index is 749. The number of fused-ring (bicyclic) bond motifs is 1. The van der Waals surface area contributed by atoms with E-state index in [0.29, 0.717) is 5.92 Å². The third-order valence-corrected chi connectivity index (χ3v) is 5.14. The number of aryl methyl sites for hydroxylation is 1. The number of morpholine rings is 1. The van der Waals surface area contributed by atoms with Crippen LogP contribution in [0.1, 0.15) is 15.9 Å². The molecule has 0 radical (unpaired) electrons. The van der Waals surface area contributed by atoms with E-state index in [1.807, 2.05) is 36.1 Å². The summed E-state index contributed by atoms with van der Waals surface area (Å²) in [5.41, 5.74) is 2.71. The van der Waals surface area contributed by atoms with Gasteiger partial charge in [0.1, 0.15) is 0 Å². The highest BCUT2D eigenvalue weighted by molar-refractivity contribution is 6.00. The lowest BCUT2D eigenvalue weighted by Crippen LogP contribution is -2.55. The molecule has 3 heterocycles. The lowest BCUT2D eigenvalue weighted by atomic mass is 9.96. The molecule has 0 N–H and O–H groups in total. The number of pyridine rings is 1. The summed E-state index contributed by atoms with van der Waals surface area (Å²) in [5.74, 6) is 0.699. The SMILES string of the molecule is Cc1c(C(=O)N2CC(CN3CCOCC3)C2)cnc2ccccc12. The number of hydrogen-bond donors (Lipinski definition) is 0. The van der Waals surface area contributed by atoms with Gasteiger partial charge in [0, 0.05) is 50.2 Å². The molecule has 0 spiro atoms. The van der Waals surface area contributed by atoms with Crippen LogP contribution in [0.3, 0.4) is 0 Å². The Morgan fingerprint density at radius 2 is 2.00 bits per heavy atom. The van der Waals surface area contributed by atoms with Crippen LogP contribution in [0, 0.1) is 12.8 Å². The summed E-state index contributed by atoms with van der Waals surface area (Å²) in [4.78, 5) is 21.6. The van der Waals surface area contributed by atoms with Gasteiger partial charge in [0.15, 0.2) is 0 Å². The van der Waals surface area contributed by atoms with Crippen LogP contribution in [0.5, 0.6) is 0 Å². The van der Waals surface area contributed by atoms with E-state index in [1.54, 1.807) is 6.20 Å². The maximum Gasteiger partial charge on any atom is 0.255 e. The number of nitrogens with zero attached hydrogens (tertiary/aromatic N) is 3. The molecule has 4 rings (SSSR count). The molecule has 2 saturated heterocycles. The number of carbonyl (C=O) groups is 1. The molecule has 2 aliphatic rings. The maximum absolute atomic E-state index is 12.8. The van der Waals surface area contributed by atoms with Gasteiger partial charge in [-0.3, -0.25) is 14.7 Å². The number of carbonyl (C=O) groups excluding carboxylic acids is 1. The first kappa shape index (κ1) is 15.5. The van der Waals surface area contributed by atoms with E-state index in [-0.39, 0.29) is 5.91 Å². The molecule has 0 bridgehead atoms. The summed E-state index contributed by atoms with van der Waals surface area (Å²) >= 11 is 0. The van der Waals surface area contributed by atoms with Gasteiger partial charge in [-0.2, -0.15) is 0 Å². The summed E-state index contributed by atoms with van der Waals surface area (Å²) in [6.45, 7) is 8.47. The molecule has 0 unspecified atom stereocenters. The molecule has 1 aromatic heterocycles. The zero-order valence-corrected chi connectivity index (χ0v) is 14.1. The molecule has 5 nitrogen and oxygen atoms in total. The van der Waals surface area contributed by atoms with Crippen molar-refractivity contribution in [3.8, 4) is 0 Å². The van der Waals surface area contributed by atoms with Crippen LogP contribution in [-0.2, 0) is 4.74 Å². The molecule has 2 fully saturated rings. The van der Waals surface area contributed by atoms with Crippen LogP contribution in [0.4, 0.5) is 0 Å². The molecular weight excluding hydrogens is 302 g/mol. The van der Waals surface area contributed by atoms with Crippen molar-refractivity contribution in [2.75, 3.05) is 45.9 Å². The largest absolute Gasteiger partial charge is 0.379 e. The van der Waals surface area contributed by atoms with Gasteiger partial charge in [0.2, 0.25) is 0 Å². The van der Waals surface area contributed by atoms with Gasteiger partial charge in [0.05, 0.1) is 24.3 Å². The van der Waals surface area contributed by atoms with Gasteiger partial charge in [-0.1, -0.05) is 18.2 Å². The average Bonchev–Trinajstić information content (AvgIpc) is 2.59. The smallest absolute Gasteiger partial charge is 0.255 e. The standard InChI is InChI=1S/C19H23N3O2/c1-14-16-4-2-3-5-18(16)20-10-17(14)19(23)22-12-15(13-22)11-21-6-8-24-9-7-21/h2-5,10,15H,6-9,11-13H2,1H3. The summed E-state index contributed by atoms with van der Waals surface area (Å²) in [6.07, 6.45) is 1.73. The van der Waals surface area contributed by atoms with E-state index in [1.165, 1.54) is 0 Å². The van der Waals surface area contributed by atoms with Gasteiger partial charge in [-0.15, -0.1) is 0 Å². The summed E-state index contributed by atoms with van der Waals surface area (Å²) in [7, 11) is 0. The van der Waals surface area contributed by atoms with Crippen molar-refractivity contribution < 1.29 is 9.53 Å². The molecule has 0 aliphatic carbocycles. The van der Waals surface area contributed by atoms with Crippen LogP contribution >= 0.6 is 0 Å². The lowest BCUT2D eigenvalue weighted by Gasteiger charge is -2.42. The van der Waals surface area contributed by atoms with Gasteiger partial charge in [-0.25, -0.2) is 0 Å². The number of rotatable bonds is 3. The average molecular weight is 325 g/mol. The fraction of sp³-hybridized carbons (Fsp3) is 0.474. The number of para-hydroxylation sites is 1. The fourth-order valence-electron chi connectivity index (χ4n) is 3.67. The number of hydrogen-bond acceptors (Lipinski definition) is 4. The minimum absolute atomic E-state index is 0.115. The molecule has 2 aliphatic heterocycles. The third kappa shape index (κ3) is 2.89. The molecule has 0 saturated carbocycles. The third-order valence-electron chi connectivity index (χ3n) is 5.14. The van der Waals surface area contributed by atoms with Crippen molar-refractivity contribution in [3.05, 3.63) is 41.6 Å². The zero-order valence-electron chi connectivity index (χ0n) is 14.1. The molecule has 1 aromatic carbocycles. The normalized spacial score (nSPS) is 19.5. The van der Waals surface area contributed by atoms with Crippen molar-refractivity contribution in [2.45, 2.75) is 6.92 Å². The Balaban J connectivity index is 1.41. The first-order chi connectivity index (χ1) is 11.7. The number of amides is 1. The first-order valence-corrected chi connectivity index (χ1v) is 8.66. The monoisotopic (exact) mass is 325 g/mol. The number of aromatic nitrogens is 1. The van der Waals surface area contributed by atoms with Gasteiger partial charge < -0.3 is 9.64 Å². The summed E-state index contributed by atoms with van der Waals surface area (Å²) in [5, 5.41) is 1.06. The van der Waals surface area contributed by atoms with Crippen LogP contribution in [-0.4, -0.2) is 66.6 Å². The molecule has 24 heavy (non-hydrogen) atoms. The highest BCUT2D eigenvalue weighted by Gasteiger charge is 2.33. The number of ether oxygens (including phenoxy) is 1. The van der Waals surface area contributed by atoms with Crippen molar-refractivity contribution in [3.63, 3.8) is 0 Å². The minimum Gasteiger partial charge on any atom is -0.379 e. The van der Waals surface area contributed by atoms with E-state index in [0.717, 1.165) is 68.0 Å². The topological polar surface area (TPSA) is 45.7 Å². The second-order valence-electron chi connectivity index (χ2n) is 6.80. The predicted molar refractivity (Wildman–Crippen MR) is 93.1 cm³/mol. The zero-order chi connectivity index (χ0) is 16.5. The molecule has 0 atom stereocenters. The van der Waals surface area contributed by atoms with Crippen molar-refractivity contribution in [1.29, 1.82) is 0 Å². The van der Waals surface area contributed by atoms with E-state index < -0.39 is 0 Å². The lowest BCUT2D eigenvalue weighted by molar-refractivity contribution is 0.00712. The van der Waals surface area contributed by atoms with Crippen molar-refractivity contribution in [2.24, 2.45) is 5.92 Å². The van der Waals surface area contributed by atoms with E-state index >= 15 is 0 Å². The highest BCUT2D eigenvalue weighted by atomic mass is 16.5. The second kappa shape index (κ2) is 6.49. The Morgan fingerprint density at radius 3 is 2.79 bits per heavy atom. The maximum atomic E-state index is 12.8. The molecule has 2 aromatic rings. The van der Waals surface area contributed by atoms with Crippen LogP contribution < -0.4 is 0 Å². The number of likely N-dealkylation sites (tertiary alicyclic amines) is 1. The van der Waals surface area contributed by atoms with Crippen molar-refractivity contribution in [1.82, 2.24) is 14.8 Å². The Labute approximate surface area is 142 Å². The first-order valence-electron chi connectivity index (χ1n) is 8.66. The van der Waals surface area contributed by atoms with E-state index in [2.05, 4.69) is 9.88 Å².